The lowest BCUT2D eigenvalue weighted by Gasteiger charge is -2.22. The quantitative estimate of drug-likeness (QED) is 0.752. The van der Waals surface area contributed by atoms with Crippen molar-refractivity contribution >= 4 is 5.91 Å². The van der Waals surface area contributed by atoms with Crippen molar-refractivity contribution in [3.63, 3.8) is 0 Å². The van der Waals surface area contributed by atoms with E-state index in [1.165, 1.54) is 12.8 Å². The second-order valence-corrected chi connectivity index (χ2v) is 6.40. The number of rotatable bonds is 5. The van der Waals surface area contributed by atoms with Crippen LogP contribution in [0.5, 0.6) is 0 Å². The molecule has 0 aromatic rings. The maximum Gasteiger partial charge on any atom is 0.233 e. The van der Waals surface area contributed by atoms with Crippen LogP contribution in [0.4, 0.5) is 0 Å². The van der Waals surface area contributed by atoms with E-state index >= 15 is 0 Å². The molecule has 1 fully saturated rings. The van der Waals surface area contributed by atoms with Gasteiger partial charge >= 0.3 is 0 Å². The summed E-state index contributed by atoms with van der Waals surface area (Å²) in [5.41, 5.74) is 0.407. The predicted octanol–water partition coefficient (Wildman–Crippen LogP) is 1.93. The Kier molecular flexibility index (Phi) is 4.00. The summed E-state index contributed by atoms with van der Waals surface area (Å²) >= 11 is 0. The van der Waals surface area contributed by atoms with Crippen LogP contribution in [-0.2, 0) is 4.79 Å². The van der Waals surface area contributed by atoms with Crippen LogP contribution in [0.15, 0.2) is 0 Å². The number of carbonyl (C=O) groups is 1. The minimum absolute atomic E-state index is 0.00660. The summed E-state index contributed by atoms with van der Waals surface area (Å²) in [6.07, 6.45) is 2.52. The second kappa shape index (κ2) is 4.74. The topological polar surface area (TPSA) is 41.1 Å². The lowest BCUT2D eigenvalue weighted by molar-refractivity contribution is -0.120. The Balaban J connectivity index is 2.21. The molecule has 1 saturated carbocycles. The molecule has 0 radical (unpaired) electrons. The molecule has 3 heteroatoms. The van der Waals surface area contributed by atoms with Crippen LogP contribution in [-0.4, -0.2) is 24.5 Å². The minimum atomic E-state index is 0.00660. The Morgan fingerprint density at radius 1 is 1.31 bits per heavy atom. The zero-order valence-electron chi connectivity index (χ0n) is 11.3. The summed E-state index contributed by atoms with van der Waals surface area (Å²) in [5.74, 6) is 0.783. The Morgan fingerprint density at radius 3 is 2.25 bits per heavy atom. The molecule has 0 aromatic heterocycles. The lowest BCUT2D eigenvalue weighted by atomic mass is 9.92. The molecular formula is C13H26N2O. The average Bonchev–Trinajstić information content (AvgIpc) is 2.91. The fourth-order valence-electron chi connectivity index (χ4n) is 1.80. The molecule has 0 saturated heterocycles. The van der Waals surface area contributed by atoms with E-state index in [0.29, 0.717) is 17.9 Å². The maximum absolute atomic E-state index is 11.6. The van der Waals surface area contributed by atoms with Gasteiger partial charge in [-0.05, 0) is 44.9 Å². The van der Waals surface area contributed by atoms with Gasteiger partial charge in [-0.3, -0.25) is 4.79 Å². The molecule has 16 heavy (non-hydrogen) atoms. The summed E-state index contributed by atoms with van der Waals surface area (Å²) in [4.78, 5) is 11.6. The highest BCUT2D eigenvalue weighted by Gasteiger charge is 2.45. The van der Waals surface area contributed by atoms with Crippen LogP contribution < -0.4 is 10.6 Å². The van der Waals surface area contributed by atoms with E-state index < -0.39 is 0 Å². The van der Waals surface area contributed by atoms with Gasteiger partial charge in [-0.2, -0.15) is 0 Å². The van der Waals surface area contributed by atoms with Crippen molar-refractivity contribution in [2.45, 2.75) is 53.0 Å². The van der Waals surface area contributed by atoms with E-state index in [2.05, 4.69) is 45.3 Å². The van der Waals surface area contributed by atoms with Crippen molar-refractivity contribution < 1.29 is 4.79 Å². The number of amides is 1. The third kappa shape index (κ3) is 4.12. The zero-order valence-corrected chi connectivity index (χ0v) is 11.3. The van der Waals surface area contributed by atoms with E-state index in [-0.39, 0.29) is 11.4 Å². The summed E-state index contributed by atoms with van der Waals surface area (Å²) in [6.45, 7) is 11.9. The van der Waals surface area contributed by atoms with Gasteiger partial charge in [-0.1, -0.05) is 13.8 Å². The molecule has 0 aromatic carbocycles. The molecule has 94 valence electrons. The van der Waals surface area contributed by atoms with Crippen LogP contribution in [0.25, 0.3) is 0 Å². The first kappa shape index (κ1) is 13.5. The first-order chi connectivity index (χ1) is 7.25. The minimum Gasteiger partial charge on any atom is -0.354 e. The SMILES string of the molecule is CC(C)C1(CNC(=O)CNC(C)(C)C)CC1. The van der Waals surface area contributed by atoms with E-state index in [4.69, 9.17) is 0 Å². The molecule has 1 rings (SSSR count). The zero-order chi connectivity index (χ0) is 12.4. The van der Waals surface area contributed by atoms with Crippen LogP contribution in [0.2, 0.25) is 0 Å². The largest absolute Gasteiger partial charge is 0.354 e. The molecule has 1 aliphatic carbocycles. The number of carbonyl (C=O) groups excluding carboxylic acids is 1. The van der Waals surface area contributed by atoms with Gasteiger partial charge in [0.1, 0.15) is 0 Å². The first-order valence-electron chi connectivity index (χ1n) is 6.27. The first-order valence-corrected chi connectivity index (χ1v) is 6.27. The second-order valence-electron chi connectivity index (χ2n) is 6.40. The molecular weight excluding hydrogens is 200 g/mol. The number of hydrogen-bond donors (Lipinski definition) is 2. The van der Waals surface area contributed by atoms with Crippen LogP contribution in [0, 0.1) is 11.3 Å². The van der Waals surface area contributed by atoms with Crippen molar-refractivity contribution in [2.75, 3.05) is 13.1 Å². The van der Waals surface area contributed by atoms with Crippen molar-refractivity contribution in [1.29, 1.82) is 0 Å². The number of hydrogen-bond acceptors (Lipinski definition) is 2. The normalized spacial score (nSPS) is 18.6. The average molecular weight is 226 g/mol. The van der Waals surface area contributed by atoms with E-state index in [1.807, 2.05) is 0 Å². The Bertz CT molecular complexity index is 249. The molecule has 0 atom stereocenters. The van der Waals surface area contributed by atoms with Crippen LogP contribution in [0.3, 0.4) is 0 Å². The molecule has 1 aliphatic rings. The molecule has 0 aliphatic heterocycles. The van der Waals surface area contributed by atoms with Gasteiger partial charge in [0.25, 0.3) is 0 Å². The third-order valence-corrected chi connectivity index (χ3v) is 3.53. The summed E-state index contributed by atoms with van der Waals surface area (Å²) in [5, 5.41) is 6.23. The molecule has 0 unspecified atom stereocenters. The van der Waals surface area contributed by atoms with Gasteiger partial charge < -0.3 is 10.6 Å². The molecule has 2 N–H and O–H groups in total. The molecule has 0 heterocycles. The Hall–Kier alpha value is -0.570. The summed E-state index contributed by atoms with van der Waals surface area (Å²) in [6, 6.07) is 0. The highest BCUT2D eigenvalue weighted by atomic mass is 16.1. The molecule has 0 spiro atoms. The van der Waals surface area contributed by atoms with Crippen molar-refractivity contribution in [2.24, 2.45) is 11.3 Å². The smallest absolute Gasteiger partial charge is 0.233 e. The van der Waals surface area contributed by atoms with Gasteiger partial charge in [0.15, 0.2) is 0 Å². The van der Waals surface area contributed by atoms with Crippen LogP contribution >= 0.6 is 0 Å². The van der Waals surface area contributed by atoms with E-state index in [0.717, 1.165) is 6.54 Å². The standard InChI is InChI=1S/C13H26N2O/c1-10(2)13(6-7-13)9-14-11(16)8-15-12(3,4)5/h10,15H,6-9H2,1-5H3,(H,14,16). The fourth-order valence-corrected chi connectivity index (χ4v) is 1.80. The summed E-state index contributed by atoms with van der Waals surface area (Å²) < 4.78 is 0. The Morgan fingerprint density at radius 2 is 1.88 bits per heavy atom. The van der Waals surface area contributed by atoms with Crippen molar-refractivity contribution in [3.05, 3.63) is 0 Å². The van der Waals surface area contributed by atoms with Crippen LogP contribution in [0.1, 0.15) is 47.5 Å². The Labute approximate surface area is 99.4 Å². The maximum atomic E-state index is 11.6. The van der Waals surface area contributed by atoms with Crippen molar-refractivity contribution in [3.8, 4) is 0 Å². The molecule has 1 amide bonds. The van der Waals surface area contributed by atoms with Gasteiger partial charge in [-0.25, -0.2) is 0 Å². The number of nitrogens with one attached hydrogen (secondary N) is 2. The van der Waals surface area contributed by atoms with Gasteiger partial charge in [0.05, 0.1) is 6.54 Å². The predicted molar refractivity (Wildman–Crippen MR) is 67.3 cm³/mol. The van der Waals surface area contributed by atoms with E-state index in [1.54, 1.807) is 0 Å². The van der Waals surface area contributed by atoms with Gasteiger partial charge in [-0.15, -0.1) is 0 Å². The van der Waals surface area contributed by atoms with E-state index in [9.17, 15) is 4.79 Å². The highest BCUT2D eigenvalue weighted by molar-refractivity contribution is 5.78. The molecule has 0 bridgehead atoms. The van der Waals surface area contributed by atoms with Gasteiger partial charge in [0, 0.05) is 12.1 Å². The van der Waals surface area contributed by atoms with Gasteiger partial charge in [0.2, 0.25) is 5.91 Å². The third-order valence-electron chi connectivity index (χ3n) is 3.53. The fraction of sp³-hybridized carbons (Fsp3) is 0.923. The summed E-state index contributed by atoms with van der Waals surface area (Å²) in [7, 11) is 0. The monoisotopic (exact) mass is 226 g/mol. The van der Waals surface area contributed by atoms with Crippen molar-refractivity contribution in [1.82, 2.24) is 10.6 Å². The molecule has 3 nitrogen and oxygen atoms in total. The lowest BCUT2D eigenvalue weighted by Crippen LogP contribution is -2.44. The highest BCUT2D eigenvalue weighted by Crippen LogP contribution is 2.51.